The summed E-state index contributed by atoms with van der Waals surface area (Å²) in [6, 6.07) is 17.7. The van der Waals surface area contributed by atoms with E-state index in [1.807, 2.05) is 30.3 Å². The van der Waals surface area contributed by atoms with E-state index in [0.29, 0.717) is 34.1 Å². The van der Waals surface area contributed by atoms with E-state index in [0.717, 1.165) is 11.3 Å². The zero-order valence-corrected chi connectivity index (χ0v) is 23.1. The number of carboxylic acid groups (broad SMARTS) is 1. The molecule has 1 unspecified atom stereocenters. The molecule has 39 heavy (non-hydrogen) atoms. The predicted octanol–water partition coefficient (Wildman–Crippen LogP) is 5.23. The lowest BCUT2D eigenvalue weighted by atomic mass is 9.99. The molecule has 1 aliphatic rings. The summed E-state index contributed by atoms with van der Waals surface area (Å²) < 4.78 is 0. The molecule has 1 N–H and O–H groups in total. The van der Waals surface area contributed by atoms with Crippen molar-refractivity contribution in [1.82, 2.24) is 19.7 Å². The fraction of sp³-hybridized carbons (Fsp3) is 0.310. The van der Waals surface area contributed by atoms with Crippen molar-refractivity contribution in [3.05, 3.63) is 99.3 Å². The third kappa shape index (κ3) is 7.49. The van der Waals surface area contributed by atoms with E-state index in [1.54, 1.807) is 58.3 Å². The number of hydrogen-bond acceptors (Lipinski definition) is 4. The van der Waals surface area contributed by atoms with Crippen LogP contribution in [-0.2, 0) is 24.3 Å². The number of nitrogens with zero attached hydrogens (tertiary/aromatic N) is 4. The maximum absolute atomic E-state index is 13.6. The molecule has 3 amide bonds. The van der Waals surface area contributed by atoms with E-state index in [1.165, 1.54) is 0 Å². The molecule has 1 aromatic heterocycles. The van der Waals surface area contributed by atoms with E-state index in [9.17, 15) is 19.5 Å². The van der Waals surface area contributed by atoms with Gasteiger partial charge in [-0.15, -0.1) is 0 Å². The molecule has 0 saturated carbocycles. The van der Waals surface area contributed by atoms with Crippen LogP contribution in [0.5, 0.6) is 0 Å². The predicted molar refractivity (Wildman–Crippen MR) is 150 cm³/mol. The van der Waals surface area contributed by atoms with Crippen molar-refractivity contribution >= 4 is 41.1 Å². The first-order valence-electron chi connectivity index (χ1n) is 12.6. The first-order chi connectivity index (χ1) is 18.7. The monoisotopic (exact) mass is 568 g/mol. The molecule has 1 saturated heterocycles. The highest BCUT2D eigenvalue weighted by Gasteiger charge is 2.34. The molecule has 2 aromatic carbocycles. The molecule has 4 rings (SSSR count). The van der Waals surface area contributed by atoms with Crippen LogP contribution in [0.15, 0.2) is 66.9 Å². The number of pyridine rings is 1. The fourth-order valence-corrected chi connectivity index (χ4v) is 5.21. The molecule has 1 atom stereocenters. The number of urea groups is 1. The number of halogens is 2. The second kappa shape index (κ2) is 13.0. The van der Waals surface area contributed by atoms with Gasteiger partial charge < -0.3 is 19.8 Å². The Morgan fingerprint density at radius 2 is 1.69 bits per heavy atom. The molecule has 2 heterocycles. The number of likely N-dealkylation sites (N-methyl/N-ethyl adjacent to an activating group) is 1. The highest BCUT2D eigenvalue weighted by atomic mass is 35.5. The van der Waals surface area contributed by atoms with Crippen LogP contribution in [0, 0.1) is 5.92 Å². The SMILES string of the molecule is CN(CCc1ccccn1)C(=O)c1ccccc1CN1CC(CC(=O)O)CN(Cc2ccc(Cl)cc2Cl)C1=O. The Morgan fingerprint density at radius 1 is 1.00 bits per heavy atom. The van der Waals surface area contributed by atoms with Gasteiger partial charge in [0.25, 0.3) is 5.91 Å². The van der Waals surface area contributed by atoms with Crippen molar-refractivity contribution < 1.29 is 19.5 Å². The van der Waals surface area contributed by atoms with Gasteiger partial charge in [-0.05, 0) is 41.5 Å². The van der Waals surface area contributed by atoms with Crippen LogP contribution in [-0.4, -0.2) is 69.4 Å². The fourth-order valence-electron chi connectivity index (χ4n) is 4.74. The van der Waals surface area contributed by atoms with E-state index >= 15 is 0 Å². The second-order valence-corrected chi connectivity index (χ2v) is 10.5. The van der Waals surface area contributed by atoms with Crippen molar-refractivity contribution in [2.75, 3.05) is 26.7 Å². The number of carboxylic acids is 1. The largest absolute Gasteiger partial charge is 0.481 e. The molecule has 1 fully saturated rings. The first kappa shape index (κ1) is 28.4. The third-order valence-electron chi connectivity index (χ3n) is 6.72. The molecule has 0 spiro atoms. The summed E-state index contributed by atoms with van der Waals surface area (Å²) in [5.41, 5.74) is 2.81. The summed E-state index contributed by atoms with van der Waals surface area (Å²) in [7, 11) is 1.74. The van der Waals surface area contributed by atoms with Gasteiger partial charge in [-0.2, -0.15) is 0 Å². The first-order valence-corrected chi connectivity index (χ1v) is 13.4. The zero-order chi connectivity index (χ0) is 27.9. The van der Waals surface area contributed by atoms with E-state index in [4.69, 9.17) is 23.2 Å². The Balaban J connectivity index is 1.51. The number of hydrogen-bond donors (Lipinski definition) is 1. The average Bonchev–Trinajstić information content (AvgIpc) is 2.91. The van der Waals surface area contributed by atoms with Gasteiger partial charge >= 0.3 is 12.0 Å². The van der Waals surface area contributed by atoms with Crippen molar-refractivity contribution in [3.8, 4) is 0 Å². The number of carbonyl (C=O) groups is 3. The van der Waals surface area contributed by atoms with E-state index in [2.05, 4.69) is 4.98 Å². The maximum Gasteiger partial charge on any atom is 0.320 e. The van der Waals surface area contributed by atoms with E-state index < -0.39 is 5.97 Å². The average molecular weight is 569 g/mol. The van der Waals surface area contributed by atoms with Crippen molar-refractivity contribution in [3.63, 3.8) is 0 Å². The molecule has 0 aliphatic carbocycles. The Labute approximate surface area is 237 Å². The van der Waals surface area contributed by atoms with Crippen molar-refractivity contribution in [1.29, 1.82) is 0 Å². The minimum Gasteiger partial charge on any atom is -0.481 e. The standard InChI is InChI=1S/C29H30Cl2N4O4/c1-33(13-11-24-7-4-5-12-32-24)28(38)25-8-3-2-6-21(25)18-34-16-20(14-27(36)37)17-35(29(34)39)19-22-9-10-23(30)15-26(22)31/h2-10,12,15,20H,11,13-14,16-19H2,1H3,(H,36,37). The summed E-state index contributed by atoms with van der Waals surface area (Å²) in [6.07, 6.45) is 2.27. The van der Waals surface area contributed by atoms with Crippen LogP contribution in [0.2, 0.25) is 10.0 Å². The second-order valence-electron chi connectivity index (χ2n) is 9.70. The Morgan fingerprint density at radius 3 is 2.36 bits per heavy atom. The highest BCUT2D eigenvalue weighted by Crippen LogP contribution is 2.27. The lowest BCUT2D eigenvalue weighted by molar-refractivity contribution is -0.138. The molecule has 0 radical (unpaired) electrons. The van der Waals surface area contributed by atoms with Crippen LogP contribution in [0.4, 0.5) is 4.79 Å². The van der Waals surface area contributed by atoms with Gasteiger partial charge in [-0.3, -0.25) is 14.6 Å². The molecule has 8 nitrogen and oxygen atoms in total. The van der Waals surface area contributed by atoms with Crippen molar-refractivity contribution in [2.24, 2.45) is 5.92 Å². The van der Waals surface area contributed by atoms with Crippen LogP contribution < -0.4 is 0 Å². The normalized spacial score (nSPS) is 15.4. The summed E-state index contributed by atoms with van der Waals surface area (Å²) in [4.78, 5) is 47.7. The number of aromatic nitrogens is 1. The van der Waals surface area contributed by atoms with Gasteiger partial charge in [0, 0.05) is 79.6 Å². The zero-order valence-electron chi connectivity index (χ0n) is 21.6. The van der Waals surface area contributed by atoms with Crippen molar-refractivity contribution in [2.45, 2.75) is 25.9 Å². The van der Waals surface area contributed by atoms with Gasteiger partial charge in [-0.1, -0.05) is 53.5 Å². The van der Waals surface area contributed by atoms with Crippen LogP contribution in [0.1, 0.15) is 33.6 Å². The number of benzene rings is 2. The topological polar surface area (TPSA) is 94.1 Å². The molecular formula is C29H30Cl2N4O4. The summed E-state index contributed by atoms with van der Waals surface area (Å²) in [5, 5.41) is 10.4. The Kier molecular flexibility index (Phi) is 9.43. The number of carbonyl (C=O) groups excluding carboxylic acids is 2. The Hall–Kier alpha value is -3.62. The van der Waals surface area contributed by atoms with Gasteiger partial charge in [0.05, 0.1) is 6.42 Å². The van der Waals surface area contributed by atoms with Crippen LogP contribution in [0.25, 0.3) is 0 Å². The van der Waals surface area contributed by atoms with Gasteiger partial charge in [-0.25, -0.2) is 4.79 Å². The molecule has 1 aliphatic heterocycles. The number of rotatable bonds is 10. The molecule has 10 heteroatoms. The minimum absolute atomic E-state index is 0.0779. The number of amides is 3. The van der Waals surface area contributed by atoms with E-state index in [-0.39, 0.29) is 50.5 Å². The Bertz CT molecular complexity index is 1340. The molecule has 204 valence electrons. The molecule has 3 aromatic rings. The minimum atomic E-state index is -0.927. The molecule has 0 bridgehead atoms. The van der Waals surface area contributed by atoms with Gasteiger partial charge in [0.1, 0.15) is 0 Å². The van der Waals surface area contributed by atoms with Gasteiger partial charge in [0.2, 0.25) is 0 Å². The quantitative estimate of drug-likeness (QED) is 0.361. The maximum atomic E-state index is 13.6. The molecular weight excluding hydrogens is 539 g/mol. The smallest absolute Gasteiger partial charge is 0.320 e. The lowest BCUT2D eigenvalue weighted by Crippen LogP contribution is -2.53. The summed E-state index contributed by atoms with van der Waals surface area (Å²) >= 11 is 12.4. The van der Waals surface area contributed by atoms with Gasteiger partial charge in [0.15, 0.2) is 0 Å². The van der Waals surface area contributed by atoms with Crippen LogP contribution >= 0.6 is 23.2 Å². The third-order valence-corrected chi connectivity index (χ3v) is 7.31. The summed E-state index contributed by atoms with van der Waals surface area (Å²) in [6.45, 7) is 1.45. The highest BCUT2D eigenvalue weighted by molar-refractivity contribution is 6.35. The van der Waals surface area contributed by atoms with Crippen LogP contribution in [0.3, 0.4) is 0 Å². The lowest BCUT2D eigenvalue weighted by Gasteiger charge is -2.40. The number of aliphatic carboxylic acids is 1. The summed E-state index contributed by atoms with van der Waals surface area (Å²) in [5.74, 6) is -1.36.